The molecular weight excluding hydrogens is 276 g/mol. The highest BCUT2D eigenvalue weighted by molar-refractivity contribution is 6.30. The molecule has 0 aliphatic heterocycles. The van der Waals surface area contributed by atoms with Crippen LogP contribution < -0.4 is 0 Å². The maximum atomic E-state index is 12.1. The largest absolute Gasteiger partial charge is 0.481 e. The van der Waals surface area contributed by atoms with Crippen LogP contribution in [-0.4, -0.2) is 16.9 Å². The number of hydrogen-bond acceptors (Lipinski definition) is 2. The molecular formula is C16H13ClO3. The molecule has 102 valence electrons. The van der Waals surface area contributed by atoms with Gasteiger partial charge in [-0.1, -0.05) is 54.1 Å². The molecule has 4 heteroatoms. The predicted molar refractivity (Wildman–Crippen MR) is 77.2 cm³/mol. The van der Waals surface area contributed by atoms with Gasteiger partial charge in [-0.25, -0.2) is 0 Å². The molecule has 0 heterocycles. The molecule has 0 bridgehead atoms. The normalized spacial score (nSPS) is 11.8. The number of rotatable bonds is 5. The SMILES string of the molecule is O=C(C[C@H](C(=O)O)c1ccc(Cl)cc1)c1ccccc1. The summed E-state index contributed by atoms with van der Waals surface area (Å²) < 4.78 is 0. The van der Waals surface area contributed by atoms with Gasteiger partial charge in [-0.3, -0.25) is 9.59 Å². The molecule has 0 spiro atoms. The van der Waals surface area contributed by atoms with Crippen LogP contribution in [0, 0.1) is 0 Å². The lowest BCUT2D eigenvalue weighted by molar-refractivity contribution is -0.138. The Morgan fingerprint density at radius 3 is 2.15 bits per heavy atom. The van der Waals surface area contributed by atoms with Crippen molar-refractivity contribution >= 4 is 23.4 Å². The summed E-state index contributed by atoms with van der Waals surface area (Å²) >= 11 is 5.78. The van der Waals surface area contributed by atoms with Crippen molar-refractivity contribution in [2.24, 2.45) is 0 Å². The van der Waals surface area contributed by atoms with Crippen molar-refractivity contribution in [1.29, 1.82) is 0 Å². The Bertz CT molecular complexity index is 605. The van der Waals surface area contributed by atoms with Crippen LogP contribution in [0.4, 0.5) is 0 Å². The lowest BCUT2D eigenvalue weighted by Crippen LogP contribution is -2.16. The summed E-state index contributed by atoms with van der Waals surface area (Å²) in [5.41, 5.74) is 1.10. The van der Waals surface area contributed by atoms with E-state index in [0.29, 0.717) is 16.1 Å². The fourth-order valence-electron chi connectivity index (χ4n) is 1.97. The van der Waals surface area contributed by atoms with Crippen molar-refractivity contribution in [3.63, 3.8) is 0 Å². The van der Waals surface area contributed by atoms with Crippen LogP contribution >= 0.6 is 11.6 Å². The van der Waals surface area contributed by atoms with Crippen LogP contribution in [-0.2, 0) is 4.79 Å². The van der Waals surface area contributed by atoms with Gasteiger partial charge in [-0.15, -0.1) is 0 Å². The third kappa shape index (κ3) is 3.45. The number of carboxylic acids is 1. The summed E-state index contributed by atoms with van der Waals surface area (Å²) in [4.78, 5) is 23.5. The quantitative estimate of drug-likeness (QED) is 0.852. The number of carbonyl (C=O) groups excluding carboxylic acids is 1. The minimum atomic E-state index is -1.02. The lowest BCUT2D eigenvalue weighted by Gasteiger charge is -2.12. The van der Waals surface area contributed by atoms with E-state index in [1.165, 1.54) is 0 Å². The van der Waals surface area contributed by atoms with Crippen LogP contribution in [0.25, 0.3) is 0 Å². The standard InChI is InChI=1S/C16H13ClO3/c17-13-8-6-11(7-9-13)14(16(19)20)10-15(18)12-4-2-1-3-5-12/h1-9,14H,10H2,(H,19,20)/t14-/m0/s1. The zero-order valence-electron chi connectivity index (χ0n) is 10.6. The Kier molecular flexibility index (Phi) is 4.53. The Labute approximate surface area is 121 Å². The van der Waals surface area contributed by atoms with Gasteiger partial charge in [0.2, 0.25) is 0 Å². The van der Waals surface area contributed by atoms with E-state index in [-0.39, 0.29) is 12.2 Å². The van der Waals surface area contributed by atoms with Crippen LogP contribution in [0.5, 0.6) is 0 Å². The number of halogens is 1. The minimum Gasteiger partial charge on any atom is -0.481 e. The molecule has 2 rings (SSSR count). The Balaban J connectivity index is 2.20. The first-order chi connectivity index (χ1) is 9.58. The molecule has 0 aromatic heterocycles. The van der Waals surface area contributed by atoms with Gasteiger partial charge in [-0.2, -0.15) is 0 Å². The van der Waals surface area contributed by atoms with E-state index in [1.54, 1.807) is 48.5 Å². The highest BCUT2D eigenvalue weighted by Gasteiger charge is 2.23. The van der Waals surface area contributed by atoms with Crippen LogP contribution in [0.3, 0.4) is 0 Å². The molecule has 0 saturated carbocycles. The van der Waals surface area contributed by atoms with E-state index in [4.69, 9.17) is 11.6 Å². The summed E-state index contributed by atoms with van der Waals surface area (Å²) in [7, 11) is 0. The summed E-state index contributed by atoms with van der Waals surface area (Å²) in [6.07, 6.45) is -0.0685. The lowest BCUT2D eigenvalue weighted by atomic mass is 9.92. The second kappa shape index (κ2) is 6.35. The second-order valence-corrected chi connectivity index (χ2v) is 4.87. The van der Waals surface area contributed by atoms with Crippen molar-refractivity contribution in [2.45, 2.75) is 12.3 Å². The van der Waals surface area contributed by atoms with Crippen molar-refractivity contribution in [2.75, 3.05) is 0 Å². The second-order valence-electron chi connectivity index (χ2n) is 4.44. The number of carboxylic acid groups (broad SMARTS) is 1. The predicted octanol–water partition coefficient (Wildman–Crippen LogP) is 3.78. The van der Waals surface area contributed by atoms with E-state index in [1.807, 2.05) is 6.07 Å². The molecule has 20 heavy (non-hydrogen) atoms. The van der Waals surface area contributed by atoms with Gasteiger partial charge in [0.25, 0.3) is 0 Å². The van der Waals surface area contributed by atoms with Crippen molar-refractivity contribution in [3.05, 3.63) is 70.7 Å². The summed E-state index contributed by atoms with van der Waals surface area (Å²) in [6, 6.07) is 15.2. The van der Waals surface area contributed by atoms with Gasteiger partial charge >= 0.3 is 5.97 Å². The molecule has 0 amide bonds. The first kappa shape index (κ1) is 14.3. The monoisotopic (exact) mass is 288 g/mol. The smallest absolute Gasteiger partial charge is 0.311 e. The van der Waals surface area contributed by atoms with Gasteiger partial charge in [0, 0.05) is 17.0 Å². The highest BCUT2D eigenvalue weighted by atomic mass is 35.5. The number of ketones is 1. The summed E-state index contributed by atoms with van der Waals surface area (Å²) in [5.74, 6) is -2.07. The fourth-order valence-corrected chi connectivity index (χ4v) is 2.10. The number of benzene rings is 2. The Morgan fingerprint density at radius 2 is 1.60 bits per heavy atom. The third-order valence-corrected chi connectivity index (χ3v) is 3.31. The Hall–Kier alpha value is -2.13. The molecule has 0 unspecified atom stereocenters. The number of carbonyl (C=O) groups is 2. The molecule has 1 atom stereocenters. The van der Waals surface area contributed by atoms with Crippen LogP contribution in [0.15, 0.2) is 54.6 Å². The van der Waals surface area contributed by atoms with Gasteiger partial charge < -0.3 is 5.11 Å². The highest BCUT2D eigenvalue weighted by Crippen LogP contribution is 2.24. The maximum absolute atomic E-state index is 12.1. The molecule has 0 saturated heterocycles. The molecule has 0 radical (unpaired) electrons. The van der Waals surface area contributed by atoms with E-state index < -0.39 is 11.9 Å². The third-order valence-electron chi connectivity index (χ3n) is 3.06. The molecule has 0 aliphatic rings. The molecule has 2 aromatic rings. The molecule has 0 fully saturated rings. The topological polar surface area (TPSA) is 54.4 Å². The van der Waals surface area contributed by atoms with Gasteiger partial charge in [0.05, 0.1) is 5.92 Å². The van der Waals surface area contributed by atoms with Crippen molar-refractivity contribution in [3.8, 4) is 0 Å². The van der Waals surface area contributed by atoms with E-state index >= 15 is 0 Å². The van der Waals surface area contributed by atoms with E-state index in [2.05, 4.69) is 0 Å². The van der Waals surface area contributed by atoms with Crippen LogP contribution in [0.2, 0.25) is 5.02 Å². The molecule has 3 nitrogen and oxygen atoms in total. The average molecular weight is 289 g/mol. The first-order valence-electron chi connectivity index (χ1n) is 6.14. The number of Topliss-reactive ketones (excluding diaryl/α,β-unsaturated/α-hetero) is 1. The van der Waals surface area contributed by atoms with Crippen molar-refractivity contribution in [1.82, 2.24) is 0 Å². The molecule has 2 aromatic carbocycles. The van der Waals surface area contributed by atoms with Gasteiger partial charge in [0.15, 0.2) is 5.78 Å². The van der Waals surface area contributed by atoms with Gasteiger partial charge in [0.1, 0.15) is 0 Å². The van der Waals surface area contributed by atoms with E-state index in [9.17, 15) is 14.7 Å². The first-order valence-corrected chi connectivity index (χ1v) is 6.52. The zero-order valence-corrected chi connectivity index (χ0v) is 11.4. The minimum absolute atomic E-state index is 0.0685. The van der Waals surface area contributed by atoms with Crippen LogP contribution in [0.1, 0.15) is 28.3 Å². The van der Waals surface area contributed by atoms with Gasteiger partial charge in [-0.05, 0) is 17.7 Å². The Morgan fingerprint density at radius 1 is 1.00 bits per heavy atom. The molecule has 0 aliphatic carbocycles. The van der Waals surface area contributed by atoms with Crippen molar-refractivity contribution < 1.29 is 14.7 Å². The fraction of sp³-hybridized carbons (Fsp3) is 0.125. The summed E-state index contributed by atoms with van der Waals surface area (Å²) in [6.45, 7) is 0. The zero-order chi connectivity index (χ0) is 14.5. The van der Waals surface area contributed by atoms with E-state index in [0.717, 1.165) is 0 Å². The molecule has 1 N–H and O–H groups in total. The average Bonchev–Trinajstić information content (AvgIpc) is 2.46. The maximum Gasteiger partial charge on any atom is 0.311 e. The summed E-state index contributed by atoms with van der Waals surface area (Å²) in [5, 5.41) is 9.84. The number of aliphatic carboxylic acids is 1. The number of hydrogen-bond donors (Lipinski definition) is 1.